The average molecular weight is 373 g/mol. The number of carbonyl (C=O) groups is 2. The molecule has 0 fully saturated rings. The van der Waals surface area contributed by atoms with Crippen LogP contribution < -0.4 is 19.5 Å². The predicted octanol–water partition coefficient (Wildman–Crippen LogP) is 2.96. The number of rotatable bonds is 9. The molecule has 0 saturated heterocycles. The summed E-state index contributed by atoms with van der Waals surface area (Å²) in [6.45, 7) is 3.65. The SMILES string of the molecule is CCOc1ccc(OCC(=O)OCC(=O)Nc2cc(C)ccc2OC)cc1. The van der Waals surface area contributed by atoms with E-state index in [1.807, 2.05) is 19.9 Å². The van der Waals surface area contributed by atoms with Gasteiger partial charge in [0.2, 0.25) is 0 Å². The molecule has 1 N–H and O–H groups in total. The number of amides is 1. The van der Waals surface area contributed by atoms with E-state index in [4.69, 9.17) is 18.9 Å². The zero-order chi connectivity index (χ0) is 19.6. The lowest BCUT2D eigenvalue weighted by Crippen LogP contribution is -2.23. The Hall–Kier alpha value is -3.22. The van der Waals surface area contributed by atoms with Crippen molar-refractivity contribution in [3.63, 3.8) is 0 Å². The van der Waals surface area contributed by atoms with Gasteiger partial charge in [0, 0.05) is 0 Å². The lowest BCUT2D eigenvalue weighted by atomic mass is 10.2. The summed E-state index contributed by atoms with van der Waals surface area (Å²) < 4.78 is 20.8. The van der Waals surface area contributed by atoms with E-state index in [9.17, 15) is 9.59 Å². The highest BCUT2D eigenvalue weighted by atomic mass is 16.6. The molecule has 0 aromatic heterocycles. The molecule has 7 heteroatoms. The first kappa shape index (κ1) is 20.1. The highest BCUT2D eigenvalue weighted by molar-refractivity contribution is 5.94. The van der Waals surface area contributed by atoms with Crippen molar-refractivity contribution in [3.8, 4) is 17.2 Å². The molecule has 144 valence electrons. The smallest absolute Gasteiger partial charge is 0.344 e. The van der Waals surface area contributed by atoms with E-state index in [0.29, 0.717) is 23.8 Å². The Bertz CT molecular complexity index is 773. The van der Waals surface area contributed by atoms with Crippen LogP contribution in [0.2, 0.25) is 0 Å². The van der Waals surface area contributed by atoms with Crippen molar-refractivity contribution in [2.45, 2.75) is 13.8 Å². The number of methoxy groups -OCH3 is 1. The predicted molar refractivity (Wildman–Crippen MR) is 100 cm³/mol. The average Bonchev–Trinajstić information content (AvgIpc) is 2.66. The molecule has 0 aliphatic rings. The molecule has 0 spiro atoms. The van der Waals surface area contributed by atoms with Gasteiger partial charge >= 0.3 is 5.97 Å². The second kappa shape index (κ2) is 10.1. The van der Waals surface area contributed by atoms with Crippen molar-refractivity contribution < 1.29 is 28.5 Å². The van der Waals surface area contributed by atoms with Crippen LogP contribution >= 0.6 is 0 Å². The van der Waals surface area contributed by atoms with Crippen LogP contribution in [0.4, 0.5) is 5.69 Å². The van der Waals surface area contributed by atoms with Crippen molar-refractivity contribution in [2.75, 3.05) is 32.2 Å². The van der Waals surface area contributed by atoms with E-state index < -0.39 is 18.5 Å². The highest BCUT2D eigenvalue weighted by Gasteiger charge is 2.11. The molecule has 0 bridgehead atoms. The van der Waals surface area contributed by atoms with E-state index in [2.05, 4.69) is 5.32 Å². The molecule has 0 aliphatic heterocycles. The number of esters is 1. The van der Waals surface area contributed by atoms with Crippen molar-refractivity contribution in [3.05, 3.63) is 48.0 Å². The Labute approximate surface area is 158 Å². The van der Waals surface area contributed by atoms with Crippen LogP contribution in [-0.2, 0) is 14.3 Å². The summed E-state index contributed by atoms with van der Waals surface area (Å²) in [5.74, 6) is 0.641. The Kier molecular flexibility index (Phi) is 7.49. The molecule has 1 amide bonds. The first-order valence-electron chi connectivity index (χ1n) is 8.47. The van der Waals surface area contributed by atoms with Crippen LogP contribution in [0.15, 0.2) is 42.5 Å². The summed E-state index contributed by atoms with van der Waals surface area (Å²) in [4.78, 5) is 23.7. The van der Waals surface area contributed by atoms with Gasteiger partial charge in [0.25, 0.3) is 5.91 Å². The molecule has 0 aliphatic carbocycles. The number of ether oxygens (including phenoxy) is 4. The Balaban J connectivity index is 1.76. The minimum atomic E-state index is -0.643. The third-order valence-corrected chi connectivity index (χ3v) is 3.48. The van der Waals surface area contributed by atoms with Gasteiger partial charge in [-0.05, 0) is 55.8 Å². The third-order valence-electron chi connectivity index (χ3n) is 3.48. The highest BCUT2D eigenvalue weighted by Crippen LogP contribution is 2.25. The van der Waals surface area contributed by atoms with Crippen LogP contribution in [0.1, 0.15) is 12.5 Å². The number of carbonyl (C=O) groups excluding carboxylic acids is 2. The van der Waals surface area contributed by atoms with Crippen LogP contribution in [0.3, 0.4) is 0 Å². The molecule has 2 rings (SSSR count). The summed E-state index contributed by atoms with van der Waals surface area (Å²) in [7, 11) is 1.51. The number of benzene rings is 2. The van der Waals surface area contributed by atoms with Crippen molar-refractivity contribution in [2.24, 2.45) is 0 Å². The standard InChI is InChI=1S/C20H23NO6/c1-4-25-15-6-8-16(9-7-15)26-13-20(23)27-12-19(22)21-17-11-14(2)5-10-18(17)24-3/h5-11H,4,12-13H2,1-3H3,(H,21,22). The van der Waals surface area contributed by atoms with Crippen molar-refractivity contribution in [1.82, 2.24) is 0 Å². The van der Waals surface area contributed by atoms with Gasteiger partial charge in [-0.1, -0.05) is 6.07 Å². The lowest BCUT2D eigenvalue weighted by molar-refractivity contribution is -0.149. The minimum absolute atomic E-state index is 0.297. The van der Waals surface area contributed by atoms with Gasteiger partial charge in [-0.3, -0.25) is 4.79 Å². The van der Waals surface area contributed by atoms with Crippen LogP contribution in [0.5, 0.6) is 17.2 Å². The first-order chi connectivity index (χ1) is 13.0. The summed E-state index contributed by atoms with van der Waals surface area (Å²) >= 11 is 0. The molecule has 0 heterocycles. The topological polar surface area (TPSA) is 83.1 Å². The minimum Gasteiger partial charge on any atom is -0.495 e. The molecule has 0 saturated carbocycles. The summed E-state index contributed by atoms with van der Waals surface area (Å²) in [5.41, 5.74) is 1.48. The fraction of sp³-hybridized carbons (Fsp3) is 0.300. The zero-order valence-electron chi connectivity index (χ0n) is 15.6. The summed E-state index contributed by atoms with van der Waals surface area (Å²) in [6.07, 6.45) is 0. The molecule has 2 aromatic carbocycles. The first-order valence-corrected chi connectivity index (χ1v) is 8.47. The van der Waals surface area contributed by atoms with Gasteiger partial charge < -0.3 is 24.3 Å². The van der Waals surface area contributed by atoms with Crippen LogP contribution in [0, 0.1) is 6.92 Å². The van der Waals surface area contributed by atoms with Gasteiger partial charge in [-0.2, -0.15) is 0 Å². The maximum Gasteiger partial charge on any atom is 0.344 e. The zero-order valence-corrected chi connectivity index (χ0v) is 15.6. The quantitative estimate of drug-likeness (QED) is 0.681. The van der Waals surface area contributed by atoms with Gasteiger partial charge in [0.1, 0.15) is 17.2 Å². The van der Waals surface area contributed by atoms with Gasteiger partial charge in [-0.25, -0.2) is 4.79 Å². The third kappa shape index (κ3) is 6.54. The van der Waals surface area contributed by atoms with E-state index in [1.165, 1.54) is 7.11 Å². The molecule has 0 unspecified atom stereocenters. The molecule has 2 aromatic rings. The summed E-state index contributed by atoms with van der Waals surface area (Å²) in [5, 5.41) is 2.65. The fourth-order valence-electron chi connectivity index (χ4n) is 2.23. The molecular weight excluding hydrogens is 350 g/mol. The molecular formula is C20H23NO6. The Morgan fingerprint density at radius 1 is 0.963 bits per heavy atom. The molecule has 0 atom stereocenters. The normalized spacial score (nSPS) is 10.0. The summed E-state index contributed by atoms with van der Waals surface area (Å²) in [6, 6.07) is 12.3. The van der Waals surface area contributed by atoms with Crippen molar-refractivity contribution >= 4 is 17.6 Å². The van der Waals surface area contributed by atoms with E-state index >= 15 is 0 Å². The number of hydrogen-bond donors (Lipinski definition) is 1. The Morgan fingerprint density at radius 3 is 2.26 bits per heavy atom. The van der Waals surface area contributed by atoms with E-state index in [-0.39, 0.29) is 6.61 Å². The number of hydrogen-bond acceptors (Lipinski definition) is 6. The van der Waals surface area contributed by atoms with Gasteiger partial charge in [0.15, 0.2) is 13.2 Å². The molecule has 7 nitrogen and oxygen atoms in total. The maximum absolute atomic E-state index is 12.0. The van der Waals surface area contributed by atoms with E-state index in [0.717, 1.165) is 11.3 Å². The van der Waals surface area contributed by atoms with Crippen molar-refractivity contribution in [1.29, 1.82) is 0 Å². The van der Waals surface area contributed by atoms with Crippen LogP contribution in [0.25, 0.3) is 0 Å². The van der Waals surface area contributed by atoms with E-state index in [1.54, 1.807) is 36.4 Å². The molecule has 27 heavy (non-hydrogen) atoms. The monoisotopic (exact) mass is 373 g/mol. The van der Waals surface area contributed by atoms with Crippen LogP contribution in [-0.4, -0.2) is 38.8 Å². The number of anilines is 1. The second-order valence-electron chi connectivity index (χ2n) is 5.61. The molecule has 0 radical (unpaired) electrons. The maximum atomic E-state index is 12.0. The van der Waals surface area contributed by atoms with Gasteiger partial charge in [0.05, 0.1) is 19.4 Å². The lowest BCUT2D eigenvalue weighted by Gasteiger charge is -2.11. The second-order valence-corrected chi connectivity index (χ2v) is 5.61. The fourth-order valence-corrected chi connectivity index (χ4v) is 2.23. The largest absolute Gasteiger partial charge is 0.495 e. The van der Waals surface area contributed by atoms with Gasteiger partial charge in [-0.15, -0.1) is 0 Å². The Morgan fingerprint density at radius 2 is 1.63 bits per heavy atom. The number of aryl methyl sites for hydroxylation is 1. The number of nitrogens with one attached hydrogen (secondary N) is 1.